The van der Waals surface area contributed by atoms with Gasteiger partial charge in [0.15, 0.2) is 0 Å². The van der Waals surface area contributed by atoms with Crippen molar-refractivity contribution in [3.63, 3.8) is 0 Å². The van der Waals surface area contributed by atoms with E-state index in [9.17, 15) is 0 Å². The molecule has 5 heteroatoms. The van der Waals surface area contributed by atoms with E-state index in [4.69, 9.17) is 0 Å². The lowest BCUT2D eigenvalue weighted by Crippen LogP contribution is -2.10. The normalized spacial score (nSPS) is 12.5. The third-order valence-corrected chi connectivity index (χ3v) is 15.7. The second-order valence-corrected chi connectivity index (χ2v) is 19.2. The number of hydrogen-bond donors (Lipinski definition) is 0. The Morgan fingerprint density at radius 1 is 0.239 bits per heavy atom. The molecule has 0 aliphatic heterocycles. The molecule has 0 spiro atoms. The number of benzene rings is 11. The molecule has 71 heavy (non-hydrogen) atoms. The van der Waals surface area contributed by atoms with E-state index in [1.807, 2.05) is 0 Å². The monoisotopic (exact) mass is 901 g/mol. The lowest BCUT2D eigenvalue weighted by atomic mass is 10.0. The highest BCUT2D eigenvalue weighted by Gasteiger charge is 2.29. The summed E-state index contributed by atoms with van der Waals surface area (Å²) in [6, 6.07) is 87.5. The van der Waals surface area contributed by atoms with Crippen LogP contribution in [0.1, 0.15) is 0 Å². The van der Waals surface area contributed by atoms with Gasteiger partial charge in [-0.3, -0.25) is 0 Å². The van der Waals surface area contributed by atoms with Crippen LogP contribution < -0.4 is 4.90 Å². The molecule has 0 bridgehead atoms. The predicted molar refractivity (Wildman–Crippen MR) is 299 cm³/mol. The summed E-state index contributed by atoms with van der Waals surface area (Å²) >= 11 is 0. The molecule has 0 fully saturated rings. The Morgan fingerprint density at radius 2 is 0.620 bits per heavy atom. The van der Waals surface area contributed by atoms with Gasteiger partial charge < -0.3 is 22.8 Å². The molecule has 11 aromatic carbocycles. The van der Waals surface area contributed by atoms with E-state index in [-0.39, 0.29) is 0 Å². The average Bonchev–Trinajstić information content (AvgIpc) is 4.27. The van der Waals surface area contributed by atoms with E-state index < -0.39 is 0 Å². The molecule has 0 radical (unpaired) electrons. The fraction of sp³-hybridized carbons (Fsp3) is 0. The summed E-state index contributed by atoms with van der Waals surface area (Å²) in [4.78, 5) is 2.44. The first-order valence-electron chi connectivity index (χ1n) is 24.5. The average molecular weight is 902 g/mol. The molecule has 6 heterocycles. The number of rotatable bonds is 5. The summed E-state index contributed by atoms with van der Waals surface area (Å²) < 4.78 is 10.2. The van der Waals surface area contributed by atoms with Crippen molar-refractivity contribution in [1.29, 1.82) is 0 Å². The van der Waals surface area contributed by atoms with Crippen LogP contribution in [0.2, 0.25) is 0 Å². The maximum atomic E-state index is 2.63. The van der Waals surface area contributed by atoms with Crippen molar-refractivity contribution in [3.8, 4) is 11.4 Å². The molecule has 328 valence electrons. The SMILES string of the molecule is c1ccc(N(c2ccccc2)c2ccc3c4cc5c(cc4n4c3c2c2ccc3c6ccccc6n(-c6ccccc6)c3c24)c2cccc3c4ccc6c7ccccc7n(-c7ccccc7)c6c4n5c23)cc1. The molecule has 0 aliphatic carbocycles. The van der Waals surface area contributed by atoms with Gasteiger partial charge >= 0.3 is 0 Å². The second kappa shape index (κ2) is 13.6. The number of hydrogen-bond acceptors (Lipinski definition) is 1. The molecule has 6 aromatic heterocycles. The van der Waals surface area contributed by atoms with Crippen molar-refractivity contribution in [2.24, 2.45) is 0 Å². The van der Waals surface area contributed by atoms with Crippen LogP contribution in [0, 0.1) is 0 Å². The highest BCUT2D eigenvalue weighted by Crippen LogP contribution is 2.52. The number of para-hydroxylation sites is 7. The zero-order valence-electron chi connectivity index (χ0n) is 38.3. The molecule has 5 nitrogen and oxygen atoms in total. The molecule has 17 aromatic rings. The first kappa shape index (κ1) is 37.4. The van der Waals surface area contributed by atoms with Crippen molar-refractivity contribution in [1.82, 2.24) is 17.9 Å². The fourth-order valence-electron chi connectivity index (χ4n) is 13.0. The maximum absolute atomic E-state index is 2.63. The molecule has 0 N–H and O–H groups in total. The van der Waals surface area contributed by atoms with Crippen molar-refractivity contribution < 1.29 is 0 Å². The molecule has 0 saturated carbocycles. The summed E-state index contributed by atoms with van der Waals surface area (Å²) in [5.74, 6) is 0. The minimum absolute atomic E-state index is 1.11. The largest absolute Gasteiger partial charge is 0.310 e. The topological polar surface area (TPSA) is 21.9 Å². The first-order valence-corrected chi connectivity index (χ1v) is 24.5. The minimum atomic E-state index is 1.11. The third-order valence-electron chi connectivity index (χ3n) is 15.7. The summed E-state index contributed by atoms with van der Waals surface area (Å²) in [5, 5.41) is 15.0. The van der Waals surface area contributed by atoms with Gasteiger partial charge in [-0.05, 0) is 78.9 Å². The molecular weight excluding hydrogens is 863 g/mol. The summed E-state index contributed by atoms with van der Waals surface area (Å²) in [6.45, 7) is 0. The molecule has 0 unspecified atom stereocenters. The molecule has 0 aliphatic rings. The van der Waals surface area contributed by atoms with E-state index in [1.54, 1.807) is 0 Å². The van der Waals surface area contributed by atoms with Gasteiger partial charge in [-0.1, -0.05) is 158 Å². The van der Waals surface area contributed by atoms with E-state index in [1.165, 1.54) is 120 Å². The van der Waals surface area contributed by atoms with Crippen LogP contribution in [0.5, 0.6) is 0 Å². The molecular formula is C66H39N5. The third kappa shape index (κ3) is 4.70. The van der Waals surface area contributed by atoms with Crippen molar-refractivity contribution >= 4 is 137 Å². The zero-order chi connectivity index (χ0) is 46.1. The number of nitrogens with zero attached hydrogens (tertiary/aromatic N) is 5. The lowest BCUT2D eigenvalue weighted by Gasteiger charge is -2.26. The molecule has 0 saturated heterocycles. The minimum Gasteiger partial charge on any atom is -0.310 e. The molecule has 17 rings (SSSR count). The summed E-state index contributed by atoms with van der Waals surface area (Å²) in [5.41, 5.74) is 17.9. The van der Waals surface area contributed by atoms with Gasteiger partial charge in [0.05, 0.1) is 60.9 Å². The fourth-order valence-corrected chi connectivity index (χ4v) is 13.0. The standard InChI is InChI=1S/C66H39N5/c1-5-18-40(19-6-1)67(41-20-7-2-8-21-41)57-37-36-51-54-39-58-53(38-59(54)71-62(51)60(57)52-35-34-49-45-27-14-16-31-56(45)69(64(49)66(52)71)43-24-11-4-12-25-43)47-29-17-28-46-50-33-32-48-44-26-13-15-30-55(44)68(42-22-9-3-10-23-42)63(48)65(50)70(58)61(46)47/h1-39H. The van der Waals surface area contributed by atoms with E-state index >= 15 is 0 Å². The maximum Gasteiger partial charge on any atom is 0.0790 e. The Bertz CT molecular complexity index is 4980. The Hall–Kier alpha value is -9.58. The van der Waals surface area contributed by atoms with E-state index in [2.05, 4.69) is 259 Å². The highest BCUT2D eigenvalue weighted by molar-refractivity contribution is 6.35. The lowest BCUT2D eigenvalue weighted by molar-refractivity contribution is 1.18. The van der Waals surface area contributed by atoms with Gasteiger partial charge in [-0.15, -0.1) is 0 Å². The van der Waals surface area contributed by atoms with Crippen molar-refractivity contribution in [2.45, 2.75) is 0 Å². The van der Waals surface area contributed by atoms with Gasteiger partial charge in [-0.25, -0.2) is 0 Å². The van der Waals surface area contributed by atoms with Crippen LogP contribution in [0.15, 0.2) is 237 Å². The van der Waals surface area contributed by atoms with Crippen LogP contribution in [-0.4, -0.2) is 17.9 Å². The quantitative estimate of drug-likeness (QED) is 0.169. The van der Waals surface area contributed by atoms with Gasteiger partial charge in [-0.2, -0.15) is 0 Å². The molecule has 0 atom stereocenters. The van der Waals surface area contributed by atoms with Crippen LogP contribution in [0.4, 0.5) is 17.1 Å². The first-order chi connectivity index (χ1) is 35.3. The van der Waals surface area contributed by atoms with Crippen LogP contribution in [-0.2, 0) is 0 Å². The van der Waals surface area contributed by atoms with Gasteiger partial charge in [0.2, 0.25) is 0 Å². The van der Waals surface area contributed by atoms with Gasteiger partial charge in [0.25, 0.3) is 0 Å². The van der Waals surface area contributed by atoms with E-state index in [0.717, 1.165) is 28.4 Å². The highest BCUT2D eigenvalue weighted by atomic mass is 15.1. The van der Waals surface area contributed by atoms with Crippen molar-refractivity contribution in [3.05, 3.63) is 237 Å². The van der Waals surface area contributed by atoms with Crippen molar-refractivity contribution in [2.75, 3.05) is 4.90 Å². The smallest absolute Gasteiger partial charge is 0.0790 e. The summed E-state index contributed by atoms with van der Waals surface area (Å²) in [6.07, 6.45) is 0. The van der Waals surface area contributed by atoms with Crippen LogP contribution in [0.25, 0.3) is 131 Å². The van der Waals surface area contributed by atoms with E-state index in [0.29, 0.717) is 0 Å². The second-order valence-electron chi connectivity index (χ2n) is 19.2. The van der Waals surface area contributed by atoms with Gasteiger partial charge in [0, 0.05) is 87.4 Å². The number of aromatic nitrogens is 4. The summed E-state index contributed by atoms with van der Waals surface area (Å²) in [7, 11) is 0. The number of anilines is 3. The Morgan fingerprint density at radius 3 is 1.17 bits per heavy atom. The zero-order valence-corrected chi connectivity index (χ0v) is 38.3. The Kier molecular flexibility index (Phi) is 7.15. The molecule has 0 amide bonds. The van der Waals surface area contributed by atoms with Crippen LogP contribution in [0.3, 0.4) is 0 Å². The van der Waals surface area contributed by atoms with Crippen LogP contribution >= 0.6 is 0 Å². The predicted octanol–water partition coefficient (Wildman–Crippen LogP) is 17.7. The number of fused-ring (bicyclic) bond motifs is 20. The van der Waals surface area contributed by atoms with Gasteiger partial charge in [0.1, 0.15) is 0 Å². The Balaban J connectivity index is 1.09. The Labute approximate surface area is 405 Å².